The molecule has 0 atom stereocenters. The predicted octanol–water partition coefficient (Wildman–Crippen LogP) is 3.62. The maximum Gasteiger partial charge on any atom is 0.120 e. The van der Waals surface area contributed by atoms with Crippen LogP contribution in [-0.4, -0.2) is 19.1 Å². The molecule has 0 aromatic heterocycles. The molecule has 0 aliphatic rings. The number of methoxy groups -OCH3 is 1. The van der Waals surface area contributed by atoms with E-state index in [0.717, 1.165) is 34.1 Å². The normalized spacial score (nSPS) is 10.2. The van der Waals surface area contributed by atoms with Crippen LogP contribution < -0.4 is 15.4 Å². The first-order chi connectivity index (χ1) is 10.0. The van der Waals surface area contributed by atoms with E-state index in [0.29, 0.717) is 4.99 Å². The molecule has 0 aliphatic heterocycles. The van der Waals surface area contributed by atoms with Crippen LogP contribution in [0.3, 0.4) is 0 Å². The summed E-state index contributed by atoms with van der Waals surface area (Å²) in [6.45, 7) is 0.722. The van der Waals surface area contributed by atoms with Crippen molar-refractivity contribution in [1.29, 1.82) is 0 Å². The van der Waals surface area contributed by atoms with Crippen molar-refractivity contribution < 1.29 is 4.74 Å². The van der Waals surface area contributed by atoms with Gasteiger partial charge in [0.1, 0.15) is 10.7 Å². The molecule has 0 spiro atoms. The average Bonchev–Trinajstić information content (AvgIpc) is 2.48. The molecule has 5 heteroatoms. The van der Waals surface area contributed by atoms with Gasteiger partial charge in [0.15, 0.2) is 0 Å². The van der Waals surface area contributed by atoms with Gasteiger partial charge in [-0.05, 0) is 29.8 Å². The van der Waals surface area contributed by atoms with Gasteiger partial charge in [-0.15, -0.1) is 0 Å². The molecule has 21 heavy (non-hydrogen) atoms. The van der Waals surface area contributed by atoms with Crippen LogP contribution in [0.4, 0.5) is 5.69 Å². The monoisotopic (exact) mass is 320 g/mol. The minimum atomic E-state index is 0.371. The van der Waals surface area contributed by atoms with Crippen molar-refractivity contribution in [2.45, 2.75) is 6.54 Å². The summed E-state index contributed by atoms with van der Waals surface area (Å²) in [4.78, 5) is 2.45. The van der Waals surface area contributed by atoms with Crippen LogP contribution in [0.25, 0.3) is 0 Å². The summed E-state index contributed by atoms with van der Waals surface area (Å²) in [5.74, 6) is 0.771. The second-order valence-corrected chi connectivity index (χ2v) is 5.61. The second kappa shape index (κ2) is 6.78. The maximum absolute atomic E-state index is 5.91. The van der Waals surface area contributed by atoms with E-state index >= 15 is 0 Å². The second-order valence-electron chi connectivity index (χ2n) is 4.73. The Balaban J connectivity index is 2.30. The van der Waals surface area contributed by atoms with E-state index in [1.54, 1.807) is 7.11 Å². The largest absolute Gasteiger partial charge is 0.497 e. The van der Waals surface area contributed by atoms with Crippen molar-refractivity contribution in [2.24, 2.45) is 5.73 Å². The molecular weight excluding hydrogens is 304 g/mol. The van der Waals surface area contributed by atoms with Crippen LogP contribution in [0.1, 0.15) is 11.1 Å². The van der Waals surface area contributed by atoms with E-state index in [9.17, 15) is 0 Å². The molecular formula is C16H17ClN2OS. The van der Waals surface area contributed by atoms with Gasteiger partial charge >= 0.3 is 0 Å². The average molecular weight is 321 g/mol. The molecule has 0 amide bonds. The van der Waals surface area contributed by atoms with Gasteiger partial charge in [0.05, 0.1) is 12.8 Å². The Kier molecular flexibility index (Phi) is 5.04. The van der Waals surface area contributed by atoms with Gasteiger partial charge in [0, 0.05) is 30.2 Å². The fourth-order valence-corrected chi connectivity index (χ4v) is 2.41. The van der Waals surface area contributed by atoms with Gasteiger partial charge in [0.2, 0.25) is 0 Å². The highest BCUT2D eigenvalue weighted by molar-refractivity contribution is 7.80. The Bertz CT molecular complexity index is 643. The number of hydrogen-bond donors (Lipinski definition) is 1. The molecule has 2 rings (SSSR count). The number of nitrogens with two attached hydrogens (primary N) is 1. The lowest BCUT2D eigenvalue weighted by Crippen LogP contribution is -2.21. The van der Waals surface area contributed by atoms with E-state index in [2.05, 4.69) is 4.90 Å². The number of hydrogen-bond acceptors (Lipinski definition) is 3. The van der Waals surface area contributed by atoms with Gasteiger partial charge in [-0.2, -0.15) is 0 Å². The first kappa shape index (κ1) is 15.6. The molecule has 0 heterocycles. The van der Waals surface area contributed by atoms with E-state index < -0.39 is 0 Å². The maximum atomic E-state index is 5.91. The highest BCUT2D eigenvalue weighted by atomic mass is 35.5. The van der Waals surface area contributed by atoms with E-state index in [1.807, 2.05) is 49.5 Å². The van der Waals surface area contributed by atoms with Crippen molar-refractivity contribution in [3.8, 4) is 5.75 Å². The molecule has 0 bridgehead atoms. The lowest BCUT2D eigenvalue weighted by Gasteiger charge is -2.23. The summed E-state index contributed by atoms with van der Waals surface area (Å²) >= 11 is 11.0. The fourth-order valence-electron chi connectivity index (χ4n) is 2.11. The SMILES string of the molecule is COc1ccc(C(N)=S)c(N(C)Cc2ccc(Cl)cc2)c1. The van der Waals surface area contributed by atoms with Crippen molar-refractivity contribution >= 4 is 34.5 Å². The molecule has 2 N–H and O–H groups in total. The quantitative estimate of drug-likeness (QED) is 0.854. The summed E-state index contributed by atoms with van der Waals surface area (Å²) < 4.78 is 5.28. The molecule has 0 fully saturated rings. The molecule has 0 radical (unpaired) electrons. The summed E-state index contributed by atoms with van der Waals surface area (Å²) in [5.41, 5.74) is 8.73. The predicted molar refractivity (Wildman–Crippen MR) is 92.4 cm³/mol. The highest BCUT2D eigenvalue weighted by Crippen LogP contribution is 2.26. The number of rotatable bonds is 5. The Hall–Kier alpha value is -1.78. The summed E-state index contributed by atoms with van der Waals surface area (Å²) in [6.07, 6.45) is 0. The summed E-state index contributed by atoms with van der Waals surface area (Å²) in [5, 5.41) is 0.728. The minimum Gasteiger partial charge on any atom is -0.497 e. The number of halogens is 1. The van der Waals surface area contributed by atoms with Crippen molar-refractivity contribution in [3.05, 3.63) is 58.6 Å². The Morgan fingerprint density at radius 3 is 2.48 bits per heavy atom. The number of benzene rings is 2. The fraction of sp³-hybridized carbons (Fsp3) is 0.188. The Labute approximate surface area is 135 Å². The number of nitrogens with zero attached hydrogens (tertiary/aromatic N) is 1. The summed E-state index contributed by atoms with van der Waals surface area (Å²) in [7, 11) is 3.63. The van der Waals surface area contributed by atoms with Crippen LogP contribution in [-0.2, 0) is 6.54 Å². The number of anilines is 1. The highest BCUT2D eigenvalue weighted by Gasteiger charge is 2.11. The van der Waals surface area contributed by atoms with Crippen LogP contribution in [0.15, 0.2) is 42.5 Å². The lowest BCUT2D eigenvalue weighted by molar-refractivity contribution is 0.415. The van der Waals surface area contributed by atoms with E-state index in [-0.39, 0.29) is 0 Å². The molecule has 0 unspecified atom stereocenters. The molecule has 3 nitrogen and oxygen atoms in total. The van der Waals surface area contributed by atoms with Gasteiger partial charge in [-0.1, -0.05) is 36.0 Å². The van der Waals surface area contributed by atoms with Crippen LogP contribution in [0.5, 0.6) is 5.75 Å². The zero-order valence-electron chi connectivity index (χ0n) is 12.0. The Morgan fingerprint density at radius 2 is 1.90 bits per heavy atom. The third kappa shape index (κ3) is 3.86. The topological polar surface area (TPSA) is 38.5 Å². The first-order valence-electron chi connectivity index (χ1n) is 6.44. The first-order valence-corrected chi connectivity index (χ1v) is 7.23. The minimum absolute atomic E-state index is 0.371. The number of ether oxygens (including phenoxy) is 1. The van der Waals surface area contributed by atoms with E-state index in [4.69, 9.17) is 34.3 Å². The molecule has 0 saturated heterocycles. The van der Waals surface area contributed by atoms with Crippen LogP contribution in [0.2, 0.25) is 5.02 Å². The standard InChI is InChI=1S/C16H17ClN2OS/c1-19(10-11-3-5-12(17)6-4-11)15-9-13(20-2)7-8-14(15)16(18)21/h3-9H,10H2,1-2H3,(H2,18,21). The van der Waals surface area contributed by atoms with Crippen LogP contribution >= 0.6 is 23.8 Å². The molecule has 2 aromatic rings. The molecule has 0 aliphatic carbocycles. The van der Waals surface area contributed by atoms with Crippen molar-refractivity contribution in [3.63, 3.8) is 0 Å². The van der Waals surface area contributed by atoms with Crippen molar-refractivity contribution in [1.82, 2.24) is 0 Å². The van der Waals surface area contributed by atoms with Crippen molar-refractivity contribution in [2.75, 3.05) is 19.1 Å². The lowest BCUT2D eigenvalue weighted by atomic mass is 10.1. The Morgan fingerprint density at radius 1 is 1.24 bits per heavy atom. The summed E-state index contributed by atoms with van der Waals surface area (Å²) in [6, 6.07) is 13.4. The third-order valence-electron chi connectivity index (χ3n) is 3.21. The van der Waals surface area contributed by atoms with Gasteiger partial charge in [-0.3, -0.25) is 0 Å². The molecule has 0 saturated carbocycles. The van der Waals surface area contributed by atoms with E-state index in [1.165, 1.54) is 0 Å². The molecule has 110 valence electrons. The van der Waals surface area contributed by atoms with Gasteiger partial charge in [0.25, 0.3) is 0 Å². The zero-order chi connectivity index (χ0) is 15.4. The molecule has 2 aromatic carbocycles. The zero-order valence-corrected chi connectivity index (χ0v) is 13.5. The third-order valence-corrected chi connectivity index (χ3v) is 3.69. The van der Waals surface area contributed by atoms with Crippen LogP contribution in [0, 0.1) is 0 Å². The smallest absolute Gasteiger partial charge is 0.120 e. The van der Waals surface area contributed by atoms with Gasteiger partial charge < -0.3 is 15.4 Å². The number of thiocarbonyl (C=S) groups is 1. The van der Waals surface area contributed by atoms with Gasteiger partial charge in [-0.25, -0.2) is 0 Å².